The summed E-state index contributed by atoms with van der Waals surface area (Å²) in [7, 11) is 0. The third-order valence-corrected chi connectivity index (χ3v) is 7.98. The SMILES string of the molecule is [C-]#[N+]C([N+]#[C-])=C1Cc2c(-c3c(F)c(F)c(C(F)(F)F)c(F)c3F)c3c(c(-c4c(F)c(F)c(C(F)(F)F)c(F)c4F)c2=C1F)CC(=C(C#N)C#N)C=3F. The number of allylic oxidation sites excluding steroid dienone is 3. The molecule has 52 heavy (non-hydrogen) atoms. The fourth-order valence-corrected chi connectivity index (χ4v) is 5.95. The minimum absolute atomic E-state index is 1.13. The highest BCUT2D eigenvalue weighted by atomic mass is 19.4. The van der Waals surface area contributed by atoms with Crippen molar-refractivity contribution in [3.8, 4) is 34.4 Å². The quantitative estimate of drug-likeness (QED) is 0.114. The Kier molecular flexibility index (Phi) is 8.67. The Morgan fingerprint density at radius 3 is 1.10 bits per heavy atom. The number of nitrogens with zero attached hydrogens (tertiary/aromatic N) is 4. The van der Waals surface area contributed by atoms with Crippen LogP contribution in [0.4, 0.5) is 70.2 Å². The van der Waals surface area contributed by atoms with Gasteiger partial charge < -0.3 is 0 Å². The van der Waals surface area contributed by atoms with Crippen LogP contribution in [0.1, 0.15) is 22.3 Å². The highest BCUT2D eigenvalue weighted by Crippen LogP contribution is 2.46. The van der Waals surface area contributed by atoms with Crippen molar-refractivity contribution in [1.82, 2.24) is 0 Å². The first kappa shape index (κ1) is 37.0. The molecule has 2 aliphatic rings. The van der Waals surface area contributed by atoms with E-state index in [1.807, 2.05) is 0 Å². The normalized spacial score (nSPS) is 13.8. The van der Waals surface area contributed by atoms with Crippen LogP contribution in [0.5, 0.6) is 0 Å². The van der Waals surface area contributed by atoms with Gasteiger partial charge in [0.1, 0.15) is 53.6 Å². The van der Waals surface area contributed by atoms with E-state index in [2.05, 4.69) is 9.69 Å². The molecule has 0 N–H and O–H groups in total. The van der Waals surface area contributed by atoms with Gasteiger partial charge in [-0.15, -0.1) is 0 Å². The standard InChI is InChI=1S/C32H4F16N4/c1-51-30(52-2)11-4-10-13(17-24(37)28(41)19(32(46,47)48)29(42)25(17)38)14-9(3-8(20(14)33)7(5-49)6-50)12(15(10)21(11)34)16-22(35)26(39)18(31(43,44)45)27(40)23(16)36/h3-4H2. The summed E-state index contributed by atoms with van der Waals surface area (Å²) in [6.45, 7) is 14.3. The van der Waals surface area contributed by atoms with E-state index in [1.165, 1.54) is 0 Å². The summed E-state index contributed by atoms with van der Waals surface area (Å²) in [6, 6.07) is 2.26. The van der Waals surface area contributed by atoms with Crippen LogP contribution < -0.4 is 10.4 Å². The smallest absolute Gasteiger partial charge is 0.207 e. The molecule has 20 heteroatoms. The Balaban J connectivity index is 2.22. The average molecular weight is 748 g/mol. The Bertz CT molecular complexity index is 2310. The van der Waals surface area contributed by atoms with E-state index < -0.39 is 161 Å². The van der Waals surface area contributed by atoms with E-state index in [9.17, 15) is 54.4 Å². The van der Waals surface area contributed by atoms with Crippen molar-refractivity contribution in [1.29, 1.82) is 10.5 Å². The lowest BCUT2D eigenvalue weighted by molar-refractivity contribution is -0.144. The number of fused-ring (bicyclic) bond motifs is 2. The monoisotopic (exact) mass is 748 g/mol. The Hall–Kier alpha value is -6.28. The molecule has 0 aliphatic heterocycles. The van der Waals surface area contributed by atoms with Crippen molar-refractivity contribution >= 4 is 11.7 Å². The largest absolute Gasteiger partial charge is 0.525 e. The number of hydrogen-bond acceptors (Lipinski definition) is 2. The van der Waals surface area contributed by atoms with Gasteiger partial charge in [0.25, 0.3) is 0 Å². The van der Waals surface area contributed by atoms with Crippen molar-refractivity contribution in [2.75, 3.05) is 0 Å². The lowest BCUT2D eigenvalue weighted by Crippen LogP contribution is -2.27. The Labute approximate surface area is 277 Å². The fraction of sp³-hybridized carbons (Fsp3) is 0.125. The molecular weight excluding hydrogens is 744 g/mol. The maximum absolute atomic E-state index is 16.4. The lowest BCUT2D eigenvalue weighted by Gasteiger charge is -2.20. The van der Waals surface area contributed by atoms with Crippen LogP contribution in [-0.2, 0) is 25.2 Å². The third kappa shape index (κ3) is 5.05. The number of alkyl halides is 6. The van der Waals surface area contributed by atoms with Crippen molar-refractivity contribution in [2.45, 2.75) is 25.2 Å². The second-order valence-corrected chi connectivity index (χ2v) is 10.5. The maximum Gasteiger partial charge on any atom is 0.525 e. The molecule has 0 unspecified atom stereocenters. The number of benzene rings is 3. The summed E-state index contributed by atoms with van der Waals surface area (Å²) in [5, 5.41) is 15.5. The van der Waals surface area contributed by atoms with Gasteiger partial charge in [0.15, 0.2) is 46.5 Å². The fourth-order valence-electron chi connectivity index (χ4n) is 5.95. The molecule has 0 fully saturated rings. The summed E-state index contributed by atoms with van der Waals surface area (Å²) in [4.78, 5) is 5.30. The topological polar surface area (TPSA) is 56.3 Å². The van der Waals surface area contributed by atoms with Gasteiger partial charge in [0, 0.05) is 40.0 Å². The summed E-state index contributed by atoms with van der Waals surface area (Å²) in [5.41, 5.74) is -20.8. The van der Waals surface area contributed by atoms with Gasteiger partial charge in [0.05, 0.1) is 16.7 Å². The van der Waals surface area contributed by atoms with Gasteiger partial charge in [0.2, 0.25) is 0 Å². The van der Waals surface area contributed by atoms with E-state index >= 15 is 26.3 Å². The molecule has 0 saturated carbocycles. The number of hydrogen-bond donors (Lipinski definition) is 0. The lowest BCUT2D eigenvalue weighted by atomic mass is 9.85. The average Bonchev–Trinajstić information content (AvgIpc) is 3.57. The molecule has 5 rings (SSSR count). The van der Waals surface area contributed by atoms with Crippen molar-refractivity contribution in [2.24, 2.45) is 0 Å². The van der Waals surface area contributed by atoms with Crippen LogP contribution in [0.25, 0.3) is 43.6 Å². The molecule has 0 spiro atoms. The zero-order valence-electron chi connectivity index (χ0n) is 24.3. The summed E-state index contributed by atoms with van der Waals surface area (Å²) < 4.78 is 235. The maximum atomic E-state index is 16.4. The zero-order valence-corrected chi connectivity index (χ0v) is 24.3. The van der Waals surface area contributed by atoms with E-state index in [1.54, 1.807) is 0 Å². The molecule has 0 atom stereocenters. The highest BCUT2D eigenvalue weighted by Gasteiger charge is 2.47. The summed E-state index contributed by atoms with van der Waals surface area (Å²) in [5.74, 6) is -30.0. The van der Waals surface area contributed by atoms with Gasteiger partial charge in [-0.3, -0.25) is 0 Å². The Morgan fingerprint density at radius 2 is 0.808 bits per heavy atom. The third-order valence-electron chi connectivity index (χ3n) is 7.98. The molecule has 0 saturated heterocycles. The van der Waals surface area contributed by atoms with Crippen LogP contribution in [0.3, 0.4) is 0 Å². The van der Waals surface area contributed by atoms with E-state index in [0.717, 1.165) is 12.1 Å². The van der Waals surface area contributed by atoms with Crippen LogP contribution >= 0.6 is 0 Å². The first-order valence-corrected chi connectivity index (χ1v) is 13.3. The van der Waals surface area contributed by atoms with Crippen LogP contribution in [0.2, 0.25) is 0 Å². The van der Waals surface area contributed by atoms with Crippen LogP contribution in [0, 0.1) is 82.3 Å². The predicted octanol–water partition coefficient (Wildman–Crippen LogP) is 8.83. The van der Waals surface area contributed by atoms with Gasteiger partial charge in [-0.05, 0) is 11.1 Å². The van der Waals surface area contributed by atoms with Gasteiger partial charge in [-0.25, -0.2) is 43.9 Å². The summed E-state index contributed by atoms with van der Waals surface area (Å²) in [6.07, 6.45) is -15.3. The first-order valence-electron chi connectivity index (χ1n) is 13.3. The molecule has 0 amide bonds. The van der Waals surface area contributed by atoms with E-state index in [0.29, 0.717) is 0 Å². The van der Waals surface area contributed by atoms with E-state index in [-0.39, 0.29) is 0 Å². The summed E-state index contributed by atoms with van der Waals surface area (Å²) >= 11 is 0. The first-order chi connectivity index (χ1) is 24.1. The number of nitriles is 2. The Morgan fingerprint density at radius 1 is 0.500 bits per heavy atom. The molecule has 264 valence electrons. The molecule has 4 nitrogen and oxygen atoms in total. The van der Waals surface area contributed by atoms with Gasteiger partial charge in [-0.2, -0.15) is 46.6 Å². The molecule has 3 aromatic rings. The van der Waals surface area contributed by atoms with Crippen LogP contribution in [0.15, 0.2) is 22.5 Å². The van der Waals surface area contributed by atoms with Crippen molar-refractivity contribution in [3.63, 3.8) is 0 Å². The van der Waals surface area contributed by atoms with Crippen molar-refractivity contribution in [3.05, 3.63) is 125 Å². The second kappa shape index (κ2) is 12.2. The molecule has 0 bridgehead atoms. The minimum Gasteiger partial charge on any atom is -0.207 e. The van der Waals surface area contributed by atoms with Crippen LogP contribution in [-0.4, -0.2) is 0 Å². The molecule has 0 radical (unpaired) electrons. The van der Waals surface area contributed by atoms with E-state index in [4.69, 9.17) is 13.1 Å². The molecule has 2 aliphatic carbocycles. The van der Waals surface area contributed by atoms with Crippen molar-refractivity contribution < 1.29 is 70.2 Å². The molecule has 0 aromatic heterocycles. The number of halogens is 16. The van der Waals surface area contributed by atoms with Gasteiger partial charge >= 0.3 is 18.2 Å². The highest BCUT2D eigenvalue weighted by molar-refractivity contribution is 5.91. The minimum atomic E-state index is -6.15. The molecule has 3 aromatic carbocycles. The molecular formula is C32H4F16N4. The predicted molar refractivity (Wildman–Crippen MR) is 141 cm³/mol. The second-order valence-electron chi connectivity index (χ2n) is 10.5. The van der Waals surface area contributed by atoms with Gasteiger partial charge in [-0.1, -0.05) is 0 Å². The molecule has 0 heterocycles. The zero-order chi connectivity index (χ0) is 39.1. The number of rotatable bonds is 2.